The van der Waals surface area contributed by atoms with Crippen LogP contribution in [-0.4, -0.2) is 55.1 Å². The molecule has 0 aromatic rings. The molecule has 0 bridgehead atoms. The zero-order valence-electron chi connectivity index (χ0n) is 12.6. The summed E-state index contributed by atoms with van der Waals surface area (Å²) in [6.07, 6.45) is 3.03. The van der Waals surface area contributed by atoms with Crippen LogP contribution in [-0.2, 0) is 14.3 Å². The van der Waals surface area contributed by atoms with E-state index >= 15 is 0 Å². The number of carbonyl (C=O) groups excluding carboxylic acids is 3. The molecule has 1 saturated carbocycles. The molecule has 1 aliphatic heterocycles. The Hall–Kier alpha value is -1.63. The molecule has 7 nitrogen and oxygen atoms in total. The van der Waals surface area contributed by atoms with E-state index in [0.29, 0.717) is 31.9 Å². The molecule has 1 heterocycles. The highest BCUT2D eigenvalue weighted by molar-refractivity contribution is 6.08. The fourth-order valence-corrected chi connectivity index (χ4v) is 3.05. The molecule has 1 saturated heterocycles. The number of methoxy groups -OCH3 is 1. The molecule has 2 N–H and O–H groups in total. The normalized spacial score (nSPS) is 28.9. The summed E-state index contributed by atoms with van der Waals surface area (Å²) in [5, 5.41) is 5.04. The van der Waals surface area contributed by atoms with Gasteiger partial charge in [-0.1, -0.05) is 6.92 Å². The number of ether oxygens (including phenoxy) is 1. The van der Waals surface area contributed by atoms with Crippen LogP contribution in [0.25, 0.3) is 0 Å². The Bertz CT molecular complexity index is 430. The fourth-order valence-electron chi connectivity index (χ4n) is 3.05. The van der Waals surface area contributed by atoms with Gasteiger partial charge in [-0.05, 0) is 31.6 Å². The van der Waals surface area contributed by atoms with E-state index in [9.17, 15) is 14.4 Å². The summed E-state index contributed by atoms with van der Waals surface area (Å²) < 4.78 is 4.86. The zero-order valence-corrected chi connectivity index (χ0v) is 12.6. The Balaban J connectivity index is 2.03. The Labute approximate surface area is 124 Å². The van der Waals surface area contributed by atoms with Gasteiger partial charge in [-0.15, -0.1) is 0 Å². The molecule has 7 heteroatoms. The summed E-state index contributed by atoms with van der Waals surface area (Å²) in [5.74, 6) is 0.0236. The standard InChI is InChI=1S/C14H23N3O4/c1-10-3-5-14(6-4-10)12(19)16-13(20)17(14)9-11(18)15-7-8-21-2/h10H,3-9H2,1-2H3,(H,15,18)(H,16,19,20). The number of hydrogen-bond donors (Lipinski definition) is 2. The molecule has 2 aliphatic rings. The first-order valence-electron chi connectivity index (χ1n) is 7.38. The molecule has 118 valence electrons. The molecule has 1 spiro atoms. The second-order valence-electron chi connectivity index (χ2n) is 5.90. The third-order valence-electron chi connectivity index (χ3n) is 4.44. The molecule has 0 aromatic heterocycles. The molecule has 0 aromatic carbocycles. The van der Waals surface area contributed by atoms with E-state index in [-0.39, 0.29) is 18.4 Å². The second kappa shape index (κ2) is 6.43. The van der Waals surface area contributed by atoms with Gasteiger partial charge in [-0.2, -0.15) is 0 Å². The maximum Gasteiger partial charge on any atom is 0.325 e. The van der Waals surface area contributed by atoms with Gasteiger partial charge >= 0.3 is 6.03 Å². The Kier molecular flexibility index (Phi) is 4.82. The Morgan fingerprint density at radius 2 is 2.10 bits per heavy atom. The Morgan fingerprint density at radius 3 is 2.71 bits per heavy atom. The van der Waals surface area contributed by atoms with E-state index in [4.69, 9.17) is 4.74 Å². The van der Waals surface area contributed by atoms with E-state index in [1.165, 1.54) is 4.90 Å². The predicted octanol–water partition coefficient (Wildman–Crippen LogP) is 0.250. The predicted molar refractivity (Wildman–Crippen MR) is 75.5 cm³/mol. The van der Waals surface area contributed by atoms with E-state index in [1.54, 1.807) is 7.11 Å². The van der Waals surface area contributed by atoms with Crippen molar-refractivity contribution in [3.05, 3.63) is 0 Å². The lowest BCUT2D eigenvalue weighted by Crippen LogP contribution is -2.54. The zero-order chi connectivity index (χ0) is 15.5. The molecule has 21 heavy (non-hydrogen) atoms. The molecule has 4 amide bonds. The molecular weight excluding hydrogens is 274 g/mol. The SMILES string of the molecule is COCCNC(=O)CN1C(=O)NC(=O)C12CCC(C)CC2. The summed E-state index contributed by atoms with van der Waals surface area (Å²) in [7, 11) is 1.55. The van der Waals surface area contributed by atoms with Crippen molar-refractivity contribution in [2.24, 2.45) is 5.92 Å². The topological polar surface area (TPSA) is 87.7 Å². The summed E-state index contributed by atoms with van der Waals surface area (Å²) in [6, 6.07) is -0.462. The van der Waals surface area contributed by atoms with Crippen molar-refractivity contribution in [1.82, 2.24) is 15.5 Å². The summed E-state index contributed by atoms with van der Waals surface area (Å²) >= 11 is 0. The lowest BCUT2D eigenvalue weighted by molar-refractivity contribution is -0.130. The van der Waals surface area contributed by atoms with Gasteiger partial charge in [0.25, 0.3) is 5.91 Å². The first-order valence-corrected chi connectivity index (χ1v) is 7.38. The summed E-state index contributed by atoms with van der Waals surface area (Å²) in [6.45, 7) is 2.86. The number of urea groups is 1. The van der Waals surface area contributed by atoms with Crippen LogP contribution < -0.4 is 10.6 Å². The van der Waals surface area contributed by atoms with Crippen LogP contribution in [0.5, 0.6) is 0 Å². The van der Waals surface area contributed by atoms with Gasteiger partial charge in [0.15, 0.2) is 0 Å². The van der Waals surface area contributed by atoms with Gasteiger partial charge in [-0.3, -0.25) is 14.9 Å². The smallest absolute Gasteiger partial charge is 0.325 e. The number of nitrogens with one attached hydrogen (secondary N) is 2. The maximum atomic E-state index is 12.2. The summed E-state index contributed by atoms with van der Waals surface area (Å²) in [4.78, 5) is 37.5. The van der Waals surface area contributed by atoms with Gasteiger partial charge in [0.2, 0.25) is 5.91 Å². The minimum atomic E-state index is -0.831. The molecule has 0 radical (unpaired) electrons. The van der Waals surface area contributed by atoms with Crippen molar-refractivity contribution >= 4 is 17.8 Å². The number of nitrogens with zero attached hydrogens (tertiary/aromatic N) is 1. The average Bonchev–Trinajstić information content (AvgIpc) is 2.67. The highest BCUT2D eigenvalue weighted by Gasteiger charge is 2.54. The molecular formula is C14H23N3O4. The lowest BCUT2D eigenvalue weighted by Gasteiger charge is -2.39. The molecule has 0 unspecified atom stereocenters. The molecule has 2 fully saturated rings. The van der Waals surface area contributed by atoms with Crippen LogP contribution in [0.2, 0.25) is 0 Å². The number of amides is 4. The van der Waals surface area contributed by atoms with Crippen LogP contribution in [0.1, 0.15) is 32.6 Å². The van der Waals surface area contributed by atoms with Gasteiger partial charge < -0.3 is 15.0 Å². The van der Waals surface area contributed by atoms with Crippen molar-refractivity contribution in [3.63, 3.8) is 0 Å². The van der Waals surface area contributed by atoms with E-state index in [0.717, 1.165) is 12.8 Å². The number of imide groups is 1. The maximum absolute atomic E-state index is 12.2. The molecule has 1 aliphatic carbocycles. The van der Waals surface area contributed by atoms with Crippen LogP contribution in [0, 0.1) is 5.92 Å². The number of carbonyl (C=O) groups is 3. The van der Waals surface area contributed by atoms with E-state index in [1.807, 2.05) is 0 Å². The minimum absolute atomic E-state index is 0.0876. The Morgan fingerprint density at radius 1 is 1.43 bits per heavy atom. The van der Waals surface area contributed by atoms with E-state index in [2.05, 4.69) is 17.6 Å². The average molecular weight is 297 g/mol. The fraction of sp³-hybridized carbons (Fsp3) is 0.786. The molecule has 2 rings (SSSR count). The molecule has 0 atom stereocenters. The van der Waals surface area contributed by atoms with Crippen molar-refractivity contribution in [1.29, 1.82) is 0 Å². The van der Waals surface area contributed by atoms with Crippen molar-refractivity contribution in [2.45, 2.75) is 38.1 Å². The number of rotatable bonds is 5. The monoisotopic (exact) mass is 297 g/mol. The van der Waals surface area contributed by atoms with Crippen LogP contribution in [0.4, 0.5) is 4.79 Å². The van der Waals surface area contributed by atoms with Gasteiger partial charge in [0.1, 0.15) is 12.1 Å². The first kappa shape index (κ1) is 15.8. The highest BCUT2D eigenvalue weighted by Crippen LogP contribution is 2.39. The van der Waals surface area contributed by atoms with Crippen LogP contribution >= 0.6 is 0 Å². The minimum Gasteiger partial charge on any atom is -0.383 e. The van der Waals surface area contributed by atoms with Crippen LogP contribution in [0.15, 0.2) is 0 Å². The third kappa shape index (κ3) is 3.18. The van der Waals surface area contributed by atoms with Crippen molar-refractivity contribution in [2.75, 3.05) is 26.8 Å². The van der Waals surface area contributed by atoms with Gasteiger partial charge in [0.05, 0.1) is 6.61 Å². The summed E-state index contributed by atoms with van der Waals surface area (Å²) in [5.41, 5.74) is -0.831. The lowest BCUT2D eigenvalue weighted by atomic mass is 9.76. The largest absolute Gasteiger partial charge is 0.383 e. The van der Waals surface area contributed by atoms with Crippen LogP contribution in [0.3, 0.4) is 0 Å². The second-order valence-corrected chi connectivity index (χ2v) is 5.90. The van der Waals surface area contributed by atoms with Gasteiger partial charge in [0, 0.05) is 13.7 Å². The number of hydrogen-bond acceptors (Lipinski definition) is 4. The van der Waals surface area contributed by atoms with Crippen molar-refractivity contribution in [3.8, 4) is 0 Å². The van der Waals surface area contributed by atoms with Crippen molar-refractivity contribution < 1.29 is 19.1 Å². The quantitative estimate of drug-likeness (QED) is 0.562. The van der Waals surface area contributed by atoms with Gasteiger partial charge in [-0.25, -0.2) is 4.79 Å². The first-order chi connectivity index (χ1) is 9.99. The van der Waals surface area contributed by atoms with E-state index < -0.39 is 11.6 Å². The third-order valence-corrected chi connectivity index (χ3v) is 4.44. The highest BCUT2D eigenvalue weighted by atomic mass is 16.5.